The minimum Gasteiger partial charge on any atom is -0.354 e. The van der Waals surface area contributed by atoms with Gasteiger partial charge in [-0.2, -0.15) is 9.40 Å². The van der Waals surface area contributed by atoms with Crippen molar-refractivity contribution >= 4 is 21.7 Å². The Morgan fingerprint density at radius 2 is 1.76 bits per heavy atom. The first kappa shape index (κ1) is 23.8. The topological polar surface area (TPSA) is 100 Å². The predicted molar refractivity (Wildman–Crippen MR) is 127 cm³/mol. The SMILES string of the molecule is Cc1nn(-c2ccc(F)cc2)c(C)c1C(=O)NCCS(=O)(=O)N1CCN(c2ccccn2)CC1. The first-order chi connectivity index (χ1) is 16.3. The van der Waals surface area contributed by atoms with Crippen LogP contribution in [0.3, 0.4) is 0 Å². The van der Waals surface area contributed by atoms with Crippen molar-refractivity contribution < 1.29 is 17.6 Å². The monoisotopic (exact) mass is 486 g/mol. The van der Waals surface area contributed by atoms with E-state index in [-0.39, 0.29) is 18.1 Å². The molecule has 1 saturated heterocycles. The van der Waals surface area contributed by atoms with E-state index in [0.29, 0.717) is 48.8 Å². The minimum absolute atomic E-state index is 0.0117. The van der Waals surface area contributed by atoms with E-state index in [0.717, 1.165) is 5.82 Å². The van der Waals surface area contributed by atoms with E-state index in [4.69, 9.17) is 0 Å². The van der Waals surface area contributed by atoms with Crippen LogP contribution in [0.2, 0.25) is 0 Å². The molecule has 0 atom stereocenters. The molecule has 1 aliphatic rings. The van der Waals surface area contributed by atoms with Crippen LogP contribution < -0.4 is 10.2 Å². The standard InChI is InChI=1S/C23H27FN6O3S/c1-17-22(18(2)30(27-17)20-8-6-19(24)7-9-20)23(31)26-11-16-34(32,33)29-14-12-28(13-15-29)21-5-3-4-10-25-21/h3-10H,11-16H2,1-2H3,(H,26,31). The molecule has 0 unspecified atom stereocenters. The van der Waals surface area contributed by atoms with Crippen molar-refractivity contribution in [2.75, 3.05) is 43.4 Å². The van der Waals surface area contributed by atoms with Gasteiger partial charge < -0.3 is 10.2 Å². The maximum Gasteiger partial charge on any atom is 0.255 e. The largest absolute Gasteiger partial charge is 0.354 e. The second-order valence-electron chi connectivity index (χ2n) is 8.08. The van der Waals surface area contributed by atoms with Gasteiger partial charge in [0.05, 0.1) is 28.4 Å². The molecule has 0 saturated carbocycles. The first-order valence-corrected chi connectivity index (χ1v) is 12.6. The summed E-state index contributed by atoms with van der Waals surface area (Å²) in [5.41, 5.74) is 2.11. The van der Waals surface area contributed by atoms with E-state index in [1.54, 1.807) is 36.9 Å². The summed E-state index contributed by atoms with van der Waals surface area (Å²) in [7, 11) is -3.51. The maximum absolute atomic E-state index is 13.2. The van der Waals surface area contributed by atoms with E-state index >= 15 is 0 Å². The molecule has 0 bridgehead atoms. The fourth-order valence-corrected chi connectivity index (χ4v) is 5.39. The number of benzene rings is 1. The van der Waals surface area contributed by atoms with Gasteiger partial charge in [-0.15, -0.1) is 0 Å². The number of carbonyl (C=O) groups is 1. The lowest BCUT2D eigenvalue weighted by Crippen LogP contribution is -2.50. The molecule has 1 N–H and O–H groups in total. The number of amides is 1. The lowest BCUT2D eigenvalue weighted by atomic mass is 10.2. The number of nitrogens with one attached hydrogen (secondary N) is 1. The van der Waals surface area contributed by atoms with Crippen LogP contribution in [-0.4, -0.2) is 71.9 Å². The van der Waals surface area contributed by atoms with Crippen LogP contribution in [0.5, 0.6) is 0 Å². The summed E-state index contributed by atoms with van der Waals surface area (Å²) < 4.78 is 41.8. The van der Waals surface area contributed by atoms with Crippen LogP contribution in [0.15, 0.2) is 48.7 Å². The molecular weight excluding hydrogens is 459 g/mol. The van der Waals surface area contributed by atoms with Crippen LogP contribution >= 0.6 is 0 Å². The highest BCUT2D eigenvalue weighted by atomic mass is 32.2. The van der Waals surface area contributed by atoms with E-state index < -0.39 is 15.9 Å². The van der Waals surface area contributed by atoms with Gasteiger partial charge in [0.1, 0.15) is 11.6 Å². The van der Waals surface area contributed by atoms with E-state index in [1.165, 1.54) is 16.4 Å². The summed E-state index contributed by atoms with van der Waals surface area (Å²) in [6.07, 6.45) is 1.72. The predicted octanol–water partition coefficient (Wildman–Crippen LogP) is 1.91. The van der Waals surface area contributed by atoms with Crippen LogP contribution in [0, 0.1) is 19.7 Å². The van der Waals surface area contributed by atoms with Gasteiger partial charge in [-0.1, -0.05) is 6.07 Å². The molecule has 0 aliphatic carbocycles. The molecule has 180 valence electrons. The Hall–Kier alpha value is -3.31. The number of aromatic nitrogens is 3. The third-order valence-electron chi connectivity index (χ3n) is 5.84. The first-order valence-electron chi connectivity index (χ1n) is 11.0. The van der Waals surface area contributed by atoms with Crippen LogP contribution in [0.4, 0.5) is 10.2 Å². The third-order valence-corrected chi connectivity index (χ3v) is 7.71. The Morgan fingerprint density at radius 3 is 2.41 bits per heavy atom. The molecule has 34 heavy (non-hydrogen) atoms. The summed E-state index contributed by atoms with van der Waals surface area (Å²) in [6.45, 7) is 5.30. The van der Waals surface area contributed by atoms with Gasteiger partial charge in [-0.3, -0.25) is 4.79 Å². The van der Waals surface area contributed by atoms with Gasteiger partial charge in [0.25, 0.3) is 5.91 Å². The van der Waals surface area contributed by atoms with Crippen molar-refractivity contribution in [2.24, 2.45) is 0 Å². The highest BCUT2D eigenvalue weighted by molar-refractivity contribution is 7.89. The number of piperazine rings is 1. The zero-order valence-corrected chi connectivity index (χ0v) is 19.9. The van der Waals surface area contributed by atoms with E-state index in [2.05, 4.69) is 20.3 Å². The Balaban J connectivity index is 1.33. The molecule has 3 heterocycles. The van der Waals surface area contributed by atoms with Crippen LogP contribution in [-0.2, 0) is 10.0 Å². The Kier molecular flexibility index (Phi) is 6.94. The molecule has 2 aromatic heterocycles. The van der Waals surface area contributed by atoms with Crippen molar-refractivity contribution in [2.45, 2.75) is 13.8 Å². The maximum atomic E-state index is 13.2. The summed E-state index contributed by atoms with van der Waals surface area (Å²) in [6, 6.07) is 11.5. The lowest BCUT2D eigenvalue weighted by Gasteiger charge is -2.34. The molecule has 1 fully saturated rings. The van der Waals surface area contributed by atoms with Gasteiger partial charge in [0.2, 0.25) is 10.0 Å². The second-order valence-corrected chi connectivity index (χ2v) is 10.2. The molecule has 0 radical (unpaired) electrons. The number of pyridine rings is 1. The minimum atomic E-state index is -3.51. The van der Waals surface area contributed by atoms with Crippen molar-refractivity contribution in [3.05, 3.63) is 71.4 Å². The van der Waals surface area contributed by atoms with Crippen molar-refractivity contribution in [3.8, 4) is 5.69 Å². The lowest BCUT2D eigenvalue weighted by molar-refractivity contribution is 0.0955. The molecular formula is C23H27FN6O3S. The average molecular weight is 487 g/mol. The average Bonchev–Trinajstić information content (AvgIpc) is 3.14. The number of hydrogen-bond donors (Lipinski definition) is 1. The zero-order chi connectivity index (χ0) is 24.3. The van der Waals surface area contributed by atoms with Crippen LogP contribution in [0.1, 0.15) is 21.7 Å². The summed E-state index contributed by atoms with van der Waals surface area (Å²) in [5, 5.41) is 7.10. The second kappa shape index (κ2) is 9.90. The van der Waals surface area contributed by atoms with Gasteiger partial charge in [-0.05, 0) is 50.2 Å². The number of aryl methyl sites for hydroxylation is 1. The van der Waals surface area contributed by atoms with Gasteiger partial charge in [0, 0.05) is 38.9 Å². The summed E-state index contributed by atoms with van der Waals surface area (Å²) in [4.78, 5) is 19.2. The third kappa shape index (κ3) is 5.10. The number of rotatable bonds is 7. The van der Waals surface area contributed by atoms with Crippen molar-refractivity contribution in [1.82, 2.24) is 24.4 Å². The van der Waals surface area contributed by atoms with Crippen molar-refractivity contribution in [1.29, 1.82) is 0 Å². The molecule has 11 heteroatoms. The quantitative estimate of drug-likeness (QED) is 0.548. The Labute approximate surface area is 198 Å². The summed E-state index contributed by atoms with van der Waals surface area (Å²) in [5.74, 6) is -0.105. The fraction of sp³-hybridized carbons (Fsp3) is 0.348. The molecule has 9 nitrogen and oxygen atoms in total. The molecule has 4 rings (SSSR count). The Morgan fingerprint density at radius 1 is 1.06 bits per heavy atom. The molecule has 1 aromatic carbocycles. The smallest absolute Gasteiger partial charge is 0.255 e. The molecule has 3 aromatic rings. The molecule has 0 spiro atoms. The number of anilines is 1. The summed E-state index contributed by atoms with van der Waals surface area (Å²) >= 11 is 0. The van der Waals surface area contributed by atoms with E-state index in [9.17, 15) is 17.6 Å². The van der Waals surface area contributed by atoms with Gasteiger partial charge in [0.15, 0.2) is 0 Å². The van der Waals surface area contributed by atoms with Crippen LogP contribution in [0.25, 0.3) is 5.69 Å². The Bertz CT molecular complexity index is 1250. The molecule has 1 aliphatic heterocycles. The highest BCUT2D eigenvalue weighted by Gasteiger charge is 2.27. The molecule has 1 amide bonds. The zero-order valence-electron chi connectivity index (χ0n) is 19.1. The number of hydrogen-bond acceptors (Lipinski definition) is 6. The fourth-order valence-electron chi connectivity index (χ4n) is 4.05. The van der Waals surface area contributed by atoms with Gasteiger partial charge in [-0.25, -0.2) is 22.5 Å². The number of halogens is 1. The normalized spacial score (nSPS) is 14.9. The number of sulfonamides is 1. The van der Waals surface area contributed by atoms with Gasteiger partial charge >= 0.3 is 0 Å². The van der Waals surface area contributed by atoms with Crippen molar-refractivity contribution in [3.63, 3.8) is 0 Å². The van der Waals surface area contributed by atoms with E-state index in [1.807, 2.05) is 18.2 Å². The highest BCUT2D eigenvalue weighted by Crippen LogP contribution is 2.19. The number of nitrogens with zero attached hydrogens (tertiary/aromatic N) is 5. The number of carbonyl (C=O) groups excluding carboxylic acids is 1.